The van der Waals surface area contributed by atoms with E-state index in [2.05, 4.69) is 17.4 Å². The number of hydrogen-bond acceptors (Lipinski definition) is 7. The van der Waals surface area contributed by atoms with Crippen LogP contribution in [0.3, 0.4) is 0 Å². The number of benzene rings is 3. The molecular formula is C29H27ClN4O3S. The third-order valence-corrected chi connectivity index (χ3v) is 7.34. The van der Waals surface area contributed by atoms with E-state index in [9.17, 15) is 4.79 Å². The number of ether oxygens (including phenoxy) is 2. The molecule has 1 aliphatic heterocycles. The van der Waals surface area contributed by atoms with Gasteiger partial charge in [0.2, 0.25) is 11.1 Å². The van der Waals surface area contributed by atoms with E-state index in [1.807, 2.05) is 73.7 Å². The number of nitrogens with one attached hydrogen (secondary N) is 1. The van der Waals surface area contributed by atoms with Gasteiger partial charge in [0.1, 0.15) is 18.4 Å². The average Bonchev–Trinajstić information content (AvgIpc) is 3.34. The number of aromatic nitrogens is 3. The Balaban J connectivity index is 1.46. The van der Waals surface area contributed by atoms with Gasteiger partial charge in [-0.1, -0.05) is 84.0 Å². The summed E-state index contributed by atoms with van der Waals surface area (Å²) in [5.74, 6) is 1.56. The first-order valence-electron chi connectivity index (χ1n) is 12.3. The third kappa shape index (κ3) is 5.71. The standard InChI is InChI=1S/C29H27ClN4O3S/c1-3-36-27(35)25-19(2)31-28-32-29(38-18-20-10-5-4-6-11-20)33-34(28)26(25)21-13-9-14-23(16-21)37-17-22-12-7-8-15-24(22)30/h4-16,26H,3,17-18H2,1-2H3,(H,31,32,33). The molecule has 3 aromatic carbocycles. The third-order valence-electron chi connectivity index (χ3n) is 6.07. The fourth-order valence-electron chi connectivity index (χ4n) is 4.25. The number of fused-ring (bicyclic) bond motifs is 1. The smallest absolute Gasteiger partial charge is 0.338 e. The van der Waals surface area contributed by atoms with Crippen molar-refractivity contribution in [2.75, 3.05) is 11.9 Å². The van der Waals surface area contributed by atoms with Crippen LogP contribution in [0.5, 0.6) is 5.75 Å². The van der Waals surface area contributed by atoms with Gasteiger partial charge in [0.15, 0.2) is 0 Å². The van der Waals surface area contributed by atoms with Crippen LogP contribution in [0.25, 0.3) is 0 Å². The molecule has 0 amide bonds. The molecule has 9 heteroatoms. The van der Waals surface area contributed by atoms with Crippen molar-refractivity contribution in [3.63, 3.8) is 0 Å². The van der Waals surface area contributed by atoms with Crippen LogP contribution in [0.15, 0.2) is 95.3 Å². The Kier molecular flexibility index (Phi) is 8.00. The predicted octanol–water partition coefficient (Wildman–Crippen LogP) is 6.65. The SMILES string of the molecule is CCOC(=O)C1=C(C)Nc2nc(SCc3ccccc3)nn2C1c1cccc(OCc2ccccc2Cl)c1. The summed E-state index contributed by atoms with van der Waals surface area (Å²) < 4.78 is 13.3. The average molecular weight is 547 g/mol. The molecule has 1 atom stereocenters. The summed E-state index contributed by atoms with van der Waals surface area (Å²) >= 11 is 7.84. The predicted molar refractivity (Wildman–Crippen MR) is 149 cm³/mol. The molecule has 0 aliphatic carbocycles. The van der Waals surface area contributed by atoms with Crippen LogP contribution in [-0.4, -0.2) is 27.3 Å². The Morgan fingerprint density at radius 2 is 1.87 bits per heavy atom. The summed E-state index contributed by atoms with van der Waals surface area (Å²) in [7, 11) is 0. The van der Waals surface area contributed by atoms with Gasteiger partial charge in [0.05, 0.1) is 12.2 Å². The number of carbonyl (C=O) groups is 1. The van der Waals surface area contributed by atoms with Gasteiger partial charge in [-0.2, -0.15) is 4.98 Å². The van der Waals surface area contributed by atoms with E-state index in [0.29, 0.717) is 39.8 Å². The van der Waals surface area contributed by atoms with E-state index in [0.717, 1.165) is 16.9 Å². The lowest BCUT2D eigenvalue weighted by atomic mass is 9.95. The number of anilines is 1. The molecule has 194 valence electrons. The number of hydrogen-bond donors (Lipinski definition) is 1. The van der Waals surface area contributed by atoms with Crippen LogP contribution in [0.1, 0.15) is 36.6 Å². The quantitative estimate of drug-likeness (QED) is 0.186. The molecule has 7 nitrogen and oxygen atoms in total. The van der Waals surface area contributed by atoms with Crippen LogP contribution in [0, 0.1) is 0 Å². The van der Waals surface area contributed by atoms with Crippen molar-refractivity contribution in [1.82, 2.24) is 14.8 Å². The maximum absolute atomic E-state index is 13.1. The van der Waals surface area contributed by atoms with E-state index in [1.165, 1.54) is 5.56 Å². The van der Waals surface area contributed by atoms with Gasteiger partial charge in [-0.05, 0) is 43.2 Å². The highest BCUT2D eigenvalue weighted by Crippen LogP contribution is 2.38. The van der Waals surface area contributed by atoms with Gasteiger partial charge in [0, 0.05) is 22.0 Å². The maximum atomic E-state index is 13.1. The number of allylic oxidation sites excluding steroid dienone is 1. The Hall–Kier alpha value is -3.75. The van der Waals surface area contributed by atoms with Crippen molar-refractivity contribution in [2.24, 2.45) is 0 Å². The molecule has 0 radical (unpaired) electrons. The first-order chi connectivity index (χ1) is 18.5. The maximum Gasteiger partial charge on any atom is 0.338 e. The largest absolute Gasteiger partial charge is 0.489 e. The van der Waals surface area contributed by atoms with Gasteiger partial charge in [-0.3, -0.25) is 0 Å². The van der Waals surface area contributed by atoms with Crippen molar-refractivity contribution in [1.29, 1.82) is 0 Å². The number of thioether (sulfide) groups is 1. The zero-order valence-corrected chi connectivity index (χ0v) is 22.6. The van der Waals surface area contributed by atoms with Crippen LogP contribution >= 0.6 is 23.4 Å². The van der Waals surface area contributed by atoms with Crippen LogP contribution in [0.2, 0.25) is 5.02 Å². The molecule has 38 heavy (non-hydrogen) atoms. The van der Waals surface area contributed by atoms with E-state index in [1.54, 1.807) is 23.4 Å². The number of carbonyl (C=O) groups excluding carboxylic acids is 1. The fourth-order valence-corrected chi connectivity index (χ4v) is 5.22. The first kappa shape index (κ1) is 25.9. The van der Waals surface area contributed by atoms with Crippen molar-refractivity contribution >= 4 is 35.3 Å². The number of esters is 1. The van der Waals surface area contributed by atoms with Gasteiger partial charge >= 0.3 is 5.97 Å². The van der Waals surface area contributed by atoms with Crippen molar-refractivity contribution in [2.45, 2.75) is 37.4 Å². The van der Waals surface area contributed by atoms with Crippen LogP contribution < -0.4 is 10.1 Å². The normalized spacial score (nSPS) is 14.6. The second-order valence-corrected chi connectivity index (χ2v) is 10.0. The summed E-state index contributed by atoms with van der Waals surface area (Å²) in [6.45, 7) is 4.24. The number of rotatable bonds is 9. The highest BCUT2D eigenvalue weighted by molar-refractivity contribution is 7.98. The van der Waals surface area contributed by atoms with Crippen LogP contribution in [-0.2, 0) is 21.9 Å². The van der Waals surface area contributed by atoms with Gasteiger partial charge in [-0.15, -0.1) is 5.10 Å². The second kappa shape index (κ2) is 11.8. The summed E-state index contributed by atoms with van der Waals surface area (Å²) in [6.07, 6.45) is 0. The first-order valence-corrected chi connectivity index (χ1v) is 13.6. The highest BCUT2D eigenvalue weighted by Gasteiger charge is 2.35. The molecule has 5 rings (SSSR count). The fraction of sp³-hybridized carbons (Fsp3) is 0.207. The van der Waals surface area contributed by atoms with Crippen molar-refractivity contribution in [3.05, 3.63) is 112 Å². The second-order valence-electron chi connectivity index (χ2n) is 8.68. The molecule has 0 spiro atoms. The Morgan fingerprint density at radius 3 is 2.66 bits per heavy atom. The molecule has 4 aromatic rings. The Bertz CT molecular complexity index is 1470. The molecule has 2 heterocycles. The molecule has 0 saturated carbocycles. The minimum atomic E-state index is -0.535. The van der Waals surface area contributed by atoms with Gasteiger partial charge in [0.25, 0.3) is 0 Å². The summed E-state index contributed by atoms with van der Waals surface area (Å²) in [6, 6.07) is 24.9. The molecule has 0 bridgehead atoms. The van der Waals surface area contributed by atoms with Crippen LogP contribution in [0.4, 0.5) is 5.95 Å². The van der Waals surface area contributed by atoms with E-state index in [-0.39, 0.29) is 6.61 Å². The number of halogens is 1. The van der Waals surface area contributed by atoms with Gasteiger partial charge in [-0.25, -0.2) is 9.48 Å². The lowest BCUT2D eigenvalue weighted by molar-refractivity contribution is -0.139. The minimum Gasteiger partial charge on any atom is -0.489 e. The van der Waals surface area contributed by atoms with E-state index >= 15 is 0 Å². The van der Waals surface area contributed by atoms with Crippen molar-refractivity contribution < 1.29 is 14.3 Å². The van der Waals surface area contributed by atoms with E-state index < -0.39 is 12.0 Å². The molecule has 1 aliphatic rings. The van der Waals surface area contributed by atoms with E-state index in [4.69, 9.17) is 31.2 Å². The number of nitrogens with zero attached hydrogens (tertiary/aromatic N) is 3. The Labute approximate surface area is 230 Å². The summed E-state index contributed by atoms with van der Waals surface area (Å²) in [4.78, 5) is 17.8. The molecule has 1 N–H and O–H groups in total. The zero-order chi connectivity index (χ0) is 26.5. The molecule has 1 aromatic heterocycles. The summed E-state index contributed by atoms with van der Waals surface area (Å²) in [5, 5.41) is 9.30. The molecular weight excluding hydrogens is 520 g/mol. The summed E-state index contributed by atoms with van der Waals surface area (Å²) in [5.41, 5.74) is 4.06. The Morgan fingerprint density at radius 1 is 1.08 bits per heavy atom. The zero-order valence-electron chi connectivity index (χ0n) is 21.1. The van der Waals surface area contributed by atoms with Crippen molar-refractivity contribution in [3.8, 4) is 5.75 Å². The highest BCUT2D eigenvalue weighted by atomic mass is 35.5. The van der Waals surface area contributed by atoms with Gasteiger partial charge < -0.3 is 14.8 Å². The lowest BCUT2D eigenvalue weighted by Crippen LogP contribution is -2.29. The minimum absolute atomic E-state index is 0.270. The molecule has 1 unspecified atom stereocenters. The lowest BCUT2D eigenvalue weighted by Gasteiger charge is -2.28. The monoisotopic (exact) mass is 546 g/mol. The molecule has 0 fully saturated rings. The topological polar surface area (TPSA) is 78.3 Å². The molecule has 0 saturated heterocycles.